The average Bonchev–Trinajstić information content (AvgIpc) is 2.97. The number of benzene rings is 2. The van der Waals surface area contributed by atoms with E-state index in [9.17, 15) is 28.5 Å². The molecule has 246 valence electrons. The van der Waals surface area contributed by atoms with Crippen molar-refractivity contribution in [1.82, 2.24) is 21.3 Å². The molecule has 0 heterocycles. The third kappa shape index (κ3) is 13.9. The minimum Gasteiger partial charge on any atom is -0.404 e. The largest absolute Gasteiger partial charge is 0.524 e. The maximum Gasteiger partial charge on any atom is 0.524 e. The Morgan fingerprint density at radius 1 is 0.867 bits per heavy atom. The molecule has 0 bridgehead atoms. The molecule has 2 aromatic rings. The Kier molecular flexibility index (Phi) is 14.7. The summed E-state index contributed by atoms with van der Waals surface area (Å²) in [5.74, 6) is -3.78. The number of nitrogens with one attached hydrogen (secondary N) is 4. The van der Waals surface area contributed by atoms with E-state index in [-0.39, 0.29) is 12.2 Å². The molecule has 4 atom stereocenters. The molecular weight excluding hydrogens is 605 g/mol. The van der Waals surface area contributed by atoms with E-state index >= 15 is 0 Å². The number of carbonyl (C=O) groups excluding carboxylic acids is 5. The summed E-state index contributed by atoms with van der Waals surface area (Å²) in [6.45, 7) is 5.06. The number of primary amides is 1. The summed E-state index contributed by atoms with van der Waals surface area (Å²) in [5.41, 5.74) is 6.98. The molecule has 45 heavy (non-hydrogen) atoms. The minimum absolute atomic E-state index is 0.0217. The smallest absolute Gasteiger partial charge is 0.404 e. The van der Waals surface area contributed by atoms with E-state index in [0.29, 0.717) is 24.9 Å². The van der Waals surface area contributed by atoms with Crippen LogP contribution in [0.5, 0.6) is 5.75 Å². The Bertz CT molecular complexity index is 1350. The second kappa shape index (κ2) is 17.9. The number of amides is 5. The lowest BCUT2D eigenvalue weighted by molar-refractivity contribution is -0.135. The topological polar surface area (TPSA) is 226 Å². The fraction of sp³-hybridized carbons (Fsp3) is 0.433. The molecular formula is C30H42N5O9P. The Hall–Kier alpha value is -4.26. The van der Waals surface area contributed by atoms with Gasteiger partial charge in [-0.25, -0.2) is 4.57 Å². The quantitative estimate of drug-likeness (QED) is 0.0898. The van der Waals surface area contributed by atoms with Gasteiger partial charge in [-0.05, 0) is 42.0 Å². The minimum atomic E-state index is -4.76. The standard InChI is InChI=1S/C30H42N5O9P/c1-4-19(2)27(30(40)34-25(18-26(31)37)28(38)32-16-8-11-21-9-6-5-7-10-21)35-29(39)24(33-20(3)36)17-22-12-14-23(15-13-22)44-45(41,42)43/h5-7,9-10,12-15,19,24-25,27H,4,8,11,16-18H2,1-3H3,(H2,31,37)(H,32,38)(H,33,36)(H,34,40)(H,35,39)(H2,41,42,43)/t19-,24-,25-,27-/m0/s1. The van der Waals surface area contributed by atoms with E-state index in [1.807, 2.05) is 37.3 Å². The van der Waals surface area contributed by atoms with E-state index < -0.39 is 67.8 Å². The van der Waals surface area contributed by atoms with E-state index in [1.165, 1.54) is 31.2 Å². The van der Waals surface area contributed by atoms with Crippen molar-refractivity contribution in [1.29, 1.82) is 0 Å². The molecule has 15 heteroatoms. The van der Waals surface area contributed by atoms with Gasteiger partial charge in [-0.3, -0.25) is 33.8 Å². The molecule has 14 nitrogen and oxygen atoms in total. The lowest BCUT2D eigenvalue weighted by Crippen LogP contribution is -2.59. The highest BCUT2D eigenvalue weighted by molar-refractivity contribution is 7.46. The number of hydrogen-bond acceptors (Lipinski definition) is 7. The van der Waals surface area contributed by atoms with Crippen LogP contribution in [0.3, 0.4) is 0 Å². The zero-order chi connectivity index (χ0) is 33.6. The van der Waals surface area contributed by atoms with Crippen molar-refractivity contribution < 1.29 is 42.8 Å². The maximum atomic E-state index is 13.4. The first kappa shape index (κ1) is 36.9. The molecule has 5 amide bonds. The molecule has 2 aromatic carbocycles. The van der Waals surface area contributed by atoms with Crippen molar-refractivity contribution in [2.75, 3.05) is 6.54 Å². The molecule has 0 fully saturated rings. The highest BCUT2D eigenvalue weighted by Gasteiger charge is 2.32. The number of aryl methyl sites for hydroxylation is 1. The predicted octanol–water partition coefficient (Wildman–Crippen LogP) is 0.845. The summed E-state index contributed by atoms with van der Waals surface area (Å²) in [5, 5.41) is 10.5. The van der Waals surface area contributed by atoms with E-state index in [0.717, 1.165) is 12.0 Å². The SMILES string of the molecule is CC[C@H](C)[C@H](NC(=O)[C@H](Cc1ccc(OP(=O)(O)O)cc1)NC(C)=O)C(=O)N[C@@H](CC(N)=O)C(=O)NCCCc1ccccc1. The summed E-state index contributed by atoms with van der Waals surface area (Å²) in [6, 6.07) is 11.7. The second-order valence-electron chi connectivity index (χ2n) is 10.7. The van der Waals surface area contributed by atoms with Gasteiger partial charge in [-0.1, -0.05) is 62.7 Å². The average molecular weight is 648 g/mol. The first-order valence-electron chi connectivity index (χ1n) is 14.5. The molecule has 0 aliphatic carbocycles. The van der Waals surface area contributed by atoms with Crippen LogP contribution >= 0.6 is 7.82 Å². The van der Waals surface area contributed by atoms with E-state index in [4.69, 9.17) is 15.5 Å². The van der Waals surface area contributed by atoms with E-state index in [2.05, 4.69) is 25.8 Å². The van der Waals surface area contributed by atoms with Crippen molar-refractivity contribution >= 4 is 37.4 Å². The number of hydrogen-bond donors (Lipinski definition) is 7. The lowest BCUT2D eigenvalue weighted by atomic mass is 9.96. The molecule has 8 N–H and O–H groups in total. The number of carbonyl (C=O) groups is 5. The van der Waals surface area contributed by atoms with Crippen molar-refractivity contribution in [2.45, 2.75) is 71.0 Å². The van der Waals surface area contributed by atoms with Crippen LogP contribution in [0.2, 0.25) is 0 Å². The molecule has 2 rings (SSSR count). The molecule has 0 saturated carbocycles. The van der Waals surface area contributed by atoms with Crippen LogP contribution in [0.1, 0.15) is 51.2 Å². The Morgan fingerprint density at radius 3 is 2.07 bits per heavy atom. The molecule has 0 radical (unpaired) electrons. The van der Waals surface area contributed by atoms with Crippen molar-refractivity contribution in [3.8, 4) is 5.75 Å². The van der Waals surface area contributed by atoms with Crippen LogP contribution in [-0.4, -0.2) is 64.0 Å². The maximum absolute atomic E-state index is 13.4. The van der Waals surface area contributed by atoms with Gasteiger partial charge in [-0.15, -0.1) is 0 Å². The van der Waals surface area contributed by atoms with Crippen LogP contribution in [-0.2, 0) is 41.4 Å². The van der Waals surface area contributed by atoms with Gasteiger partial charge in [0.15, 0.2) is 0 Å². The second-order valence-corrected chi connectivity index (χ2v) is 11.8. The van der Waals surface area contributed by atoms with Gasteiger partial charge in [-0.2, -0.15) is 0 Å². The van der Waals surface area contributed by atoms with Gasteiger partial charge in [0.1, 0.15) is 23.9 Å². The fourth-order valence-corrected chi connectivity index (χ4v) is 4.81. The molecule has 0 aliphatic heterocycles. The van der Waals surface area contributed by atoms with Crippen LogP contribution < -0.4 is 31.5 Å². The number of phosphoric ester groups is 1. The van der Waals surface area contributed by atoms with Gasteiger partial charge in [0.25, 0.3) is 0 Å². The van der Waals surface area contributed by atoms with Crippen LogP contribution in [0.25, 0.3) is 0 Å². The molecule has 0 aromatic heterocycles. The third-order valence-corrected chi connectivity index (χ3v) is 7.35. The van der Waals surface area contributed by atoms with Gasteiger partial charge in [0.05, 0.1) is 6.42 Å². The number of nitrogens with two attached hydrogens (primary N) is 1. The van der Waals surface area contributed by atoms with Crippen LogP contribution in [0, 0.1) is 5.92 Å². The van der Waals surface area contributed by atoms with Crippen LogP contribution in [0.4, 0.5) is 0 Å². The van der Waals surface area contributed by atoms with Crippen molar-refractivity contribution in [3.05, 3.63) is 65.7 Å². The third-order valence-electron chi connectivity index (χ3n) is 6.90. The lowest BCUT2D eigenvalue weighted by Gasteiger charge is -2.28. The Balaban J connectivity index is 2.11. The number of phosphoric acid groups is 1. The summed E-state index contributed by atoms with van der Waals surface area (Å²) in [6.07, 6.45) is 1.34. The molecule has 0 unspecified atom stereocenters. The summed E-state index contributed by atoms with van der Waals surface area (Å²) in [4.78, 5) is 81.3. The molecule has 0 saturated heterocycles. The van der Waals surface area contributed by atoms with Gasteiger partial charge in [0.2, 0.25) is 29.5 Å². The van der Waals surface area contributed by atoms with Gasteiger partial charge < -0.3 is 31.5 Å². The Morgan fingerprint density at radius 2 is 1.51 bits per heavy atom. The highest BCUT2D eigenvalue weighted by atomic mass is 31.2. The first-order valence-corrected chi connectivity index (χ1v) is 16.0. The summed E-state index contributed by atoms with van der Waals surface area (Å²) >= 11 is 0. The summed E-state index contributed by atoms with van der Waals surface area (Å²) in [7, 11) is -4.76. The molecule has 0 aliphatic rings. The normalized spacial score (nSPS) is 13.8. The van der Waals surface area contributed by atoms with E-state index in [1.54, 1.807) is 6.92 Å². The van der Waals surface area contributed by atoms with Gasteiger partial charge >= 0.3 is 7.82 Å². The van der Waals surface area contributed by atoms with Crippen molar-refractivity contribution in [2.24, 2.45) is 11.7 Å². The summed E-state index contributed by atoms with van der Waals surface area (Å²) < 4.78 is 15.6. The van der Waals surface area contributed by atoms with Crippen molar-refractivity contribution in [3.63, 3.8) is 0 Å². The zero-order valence-electron chi connectivity index (χ0n) is 25.5. The first-order chi connectivity index (χ1) is 21.2. The number of rotatable bonds is 18. The monoisotopic (exact) mass is 647 g/mol. The fourth-order valence-electron chi connectivity index (χ4n) is 4.41. The predicted molar refractivity (Wildman–Crippen MR) is 165 cm³/mol. The Labute approximate surface area is 262 Å². The molecule has 0 spiro atoms. The zero-order valence-corrected chi connectivity index (χ0v) is 26.4. The van der Waals surface area contributed by atoms with Crippen LogP contribution in [0.15, 0.2) is 54.6 Å². The van der Waals surface area contributed by atoms with Gasteiger partial charge in [0, 0.05) is 19.9 Å². The highest BCUT2D eigenvalue weighted by Crippen LogP contribution is 2.37.